The van der Waals surface area contributed by atoms with Crippen LogP contribution >= 0.6 is 0 Å². The van der Waals surface area contributed by atoms with Crippen LogP contribution in [0.1, 0.15) is 28.6 Å². The second kappa shape index (κ2) is 6.60. The van der Waals surface area contributed by atoms with E-state index in [1.54, 1.807) is 18.7 Å². The fourth-order valence-corrected chi connectivity index (χ4v) is 2.32. The summed E-state index contributed by atoms with van der Waals surface area (Å²) >= 11 is 0. The van der Waals surface area contributed by atoms with Gasteiger partial charge in [-0.05, 0) is 26.0 Å². The lowest BCUT2D eigenvalue weighted by atomic mass is 10.1. The Hall–Kier alpha value is -2.70. The number of aryl methyl sites for hydroxylation is 2. The summed E-state index contributed by atoms with van der Waals surface area (Å²) < 4.78 is 19.8. The first-order valence-electron chi connectivity index (χ1n) is 7.03. The van der Waals surface area contributed by atoms with E-state index in [1.807, 2.05) is 6.92 Å². The SMILES string of the molecule is Cc1nn(C)c(C)c1CC(=O)O[C@H](C(N)=O)c1ccc(F)cc1. The van der Waals surface area contributed by atoms with Crippen molar-refractivity contribution in [2.45, 2.75) is 26.4 Å². The minimum atomic E-state index is -1.25. The van der Waals surface area contributed by atoms with Crippen LogP contribution in [0.2, 0.25) is 0 Å². The molecule has 0 unspecified atom stereocenters. The molecule has 122 valence electrons. The van der Waals surface area contributed by atoms with E-state index >= 15 is 0 Å². The fraction of sp³-hybridized carbons (Fsp3) is 0.312. The minimum Gasteiger partial charge on any atom is -0.447 e. The number of ether oxygens (including phenoxy) is 1. The van der Waals surface area contributed by atoms with Gasteiger partial charge in [0, 0.05) is 23.9 Å². The number of halogens is 1. The molecule has 1 aromatic heterocycles. The third kappa shape index (κ3) is 3.74. The van der Waals surface area contributed by atoms with Crippen molar-refractivity contribution in [3.8, 4) is 0 Å². The molecule has 0 saturated carbocycles. The van der Waals surface area contributed by atoms with Gasteiger partial charge in [0.1, 0.15) is 5.82 Å². The number of nitrogens with zero attached hydrogens (tertiary/aromatic N) is 2. The van der Waals surface area contributed by atoms with Crippen LogP contribution in [0.15, 0.2) is 24.3 Å². The van der Waals surface area contributed by atoms with E-state index in [1.165, 1.54) is 24.3 Å². The zero-order valence-electron chi connectivity index (χ0n) is 13.2. The Morgan fingerprint density at radius 3 is 2.39 bits per heavy atom. The molecule has 0 saturated heterocycles. The van der Waals surface area contributed by atoms with Crippen LogP contribution < -0.4 is 5.73 Å². The standard InChI is InChI=1S/C16H18FN3O3/c1-9-13(10(2)20(3)19-9)8-14(21)23-15(16(18)22)11-4-6-12(17)7-5-11/h4-7,15H,8H2,1-3H3,(H2,18,22)/t15-/m0/s1. The van der Waals surface area contributed by atoms with Crippen LogP contribution in [0.3, 0.4) is 0 Å². The van der Waals surface area contributed by atoms with Gasteiger partial charge in [-0.1, -0.05) is 12.1 Å². The van der Waals surface area contributed by atoms with Crippen LogP contribution in [0.4, 0.5) is 4.39 Å². The van der Waals surface area contributed by atoms with Gasteiger partial charge >= 0.3 is 5.97 Å². The number of esters is 1. The van der Waals surface area contributed by atoms with Gasteiger partial charge in [-0.25, -0.2) is 4.39 Å². The molecule has 0 aliphatic heterocycles. The highest BCUT2D eigenvalue weighted by atomic mass is 19.1. The van der Waals surface area contributed by atoms with Gasteiger partial charge in [-0.3, -0.25) is 14.3 Å². The van der Waals surface area contributed by atoms with Gasteiger partial charge in [-0.15, -0.1) is 0 Å². The number of aromatic nitrogens is 2. The second-order valence-corrected chi connectivity index (χ2v) is 5.27. The molecule has 23 heavy (non-hydrogen) atoms. The van der Waals surface area contributed by atoms with Crippen molar-refractivity contribution in [3.05, 3.63) is 52.6 Å². The number of rotatable bonds is 5. The van der Waals surface area contributed by atoms with E-state index in [0.717, 1.165) is 17.0 Å². The quantitative estimate of drug-likeness (QED) is 0.846. The molecule has 6 nitrogen and oxygen atoms in total. The molecule has 1 amide bonds. The highest BCUT2D eigenvalue weighted by Crippen LogP contribution is 2.20. The summed E-state index contributed by atoms with van der Waals surface area (Å²) in [6.45, 7) is 3.63. The highest BCUT2D eigenvalue weighted by Gasteiger charge is 2.24. The lowest BCUT2D eigenvalue weighted by Gasteiger charge is -2.15. The van der Waals surface area contributed by atoms with Gasteiger partial charge in [0.25, 0.3) is 5.91 Å². The van der Waals surface area contributed by atoms with E-state index in [-0.39, 0.29) is 6.42 Å². The molecule has 2 rings (SSSR count). The van der Waals surface area contributed by atoms with E-state index in [4.69, 9.17) is 10.5 Å². The third-order valence-electron chi connectivity index (χ3n) is 3.66. The van der Waals surface area contributed by atoms with Crippen molar-refractivity contribution in [1.29, 1.82) is 0 Å². The Bertz CT molecular complexity index is 738. The average molecular weight is 319 g/mol. The summed E-state index contributed by atoms with van der Waals surface area (Å²) in [5.41, 5.74) is 7.93. The number of hydrogen-bond donors (Lipinski definition) is 1. The molecule has 0 fully saturated rings. The van der Waals surface area contributed by atoms with Crippen LogP contribution in [0.25, 0.3) is 0 Å². The maximum atomic E-state index is 13.0. The molecule has 1 atom stereocenters. The Morgan fingerprint density at radius 2 is 1.91 bits per heavy atom. The van der Waals surface area contributed by atoms with Crippen LogP contribution in [0.5, 0.6) is 0 Å². The lowest BCUT2D eigenvalue weighted by molar-refractivity contribution is -0.154. The van der Waals surface area contributed by atoms with Crippen molar-refractivity contribution in [2.75, 3.05) is 0 Å². The van der Waals surface area contributed by atoms with E-state index in [2.05, 4.69) is 5.10 Å². The molecule has 0 spiro atoms. The second-order valence-electron chi connectivity index (χ2n) is 5.27. The minimum absolute atomic E-state index is 0.0174. The zero-order chi connectivity index (χ0) is 17.1. The molecule has 0 aliphatic rings. The summed E-state index contributed by atoms with van der Waals surface area (Å²) in [6.07, 6.45) is -1.27. The molecule has 2 N–H and O–H groups in total. The topological polar surface area (TPSA) is 87.2 Å². The van der Waals surface area contributed by atoms with Crippen molar-refractivity contribution >= 4 is 11.9 Å². The monoisotopic (exact) mass is 319 g/mol. The molecular weight excluding hydrogens is 301 g/mol. The Balaban J connectivity index is 2.15. The van der Waals surface area contributed by atoms with Crippen molar-refractivity contribution in [1.82, 2.24) is 9.78 Å². The average Bonchev–Trinajstić information content (AvgIpc) is 2.72. The predicted octanol–water partition coefficient (Wildman–Crippen LogP) is 1.49. The third-order valence-corrected chi connectivity index (χ3v) is 3.66. The normalized spacial score (nSPS) is 12.0. The van der Waals surface area contributed by atoms with Crippen LogP contribution in [0, 0.1) is 19.7 Å². The molecule has 1 aromatic carbocycles. The van der Waals surface area contributed by atoms with Crippen LogP contribution in [-0.2, 0) is 27.8 Å². The molecule has 1 heterocycles. The molecule has 0 aliphatic carbocycles. The molecular formula is C16H18FN3O3. The van der Waals surface area contributed by atoms with Gasteiger partial charge in [0.15, 0.2) is 0 Å². The number of hydrogen-bond acceptors (Lipinski definition) is 4. The lowest BCUT2D eigenvalue weighted by Crippen LogP contribution is -2.27. The predicted molar refractivity (Wildman–Crippen MR) is 80.8 cm³/mol. The number of carbonyl (C=O) groups is 2. The largest absolute Gasteiger partial charge is 0.447 e. The summed E-state index contributed by atoms with van der Waals surface area (Å²) in [4.78, 5) is 23.7. The number of primary amides is 1. The Labute approximate surface area is 133 Å². The zero-order valence-corrected chi connectivity index (χ0v) is 13.2. The number of carbonyl (C=O) groups excluding carboxylic acids is 2. The first-order chi connectivity index (χ1) is 10.8. The van der Waals surface area contributed by atoms with Crippen molar-refractivity contribution in [2.24, 2.45) is 12.8 Å². The highest BCUT2D eigenvalue weighted by molar-refractivity contribution is 5.84. The first-order valence-corrected chi connectivity index (χ1v) is 7.03. The molecule has 0 bridgehead atoms. The first kappa shape index (κ1) is 16.7. The Morgan fingerprint density at radius 1 is 1.30 bits per heavy atom. The van der Waals surface area contributed by atoms with Crippen LogP contribution in [-0.4, -0.2) is 21.7 Å². The van der Waals surface area contributed by atoms with Gasteiger partial charge in [0.2, 0.25) is 6.10 Å². The summed E-state index contributed by atoms with van der Waals surface area (Å²) in [5, 5.41) is 4.22. The summed E-state index contributed by atoms with van der Waals surface area (Å²) in [5.74, 6) is -1.87. The Kier molecular flexibility index (Phi) is 4.78. The van der Waals surface area contributed by atoms with E-state index in [0.29, 0.717) is 5.56 Å². The number of nitrogens with two attached hydrogens (primary N) is 1. The van der Waals surface area contributed by atoms with Gasteiger partial charge < -0.3 is 10.5 Å². The maximum Gasteiger partial charge on any atom is 0.311 e. The fourth-order valence-electron chi connectivity index (χ4n) is 2.32. The van der Waals surface area contributed by atoms with Crippen molar-refractivity contribution < 1.29 is 18.7 Å². The number of benzene rings is 1. The van der Waals surface area contributed by atoms with Gasteiger partial charge in [-0.2, -0.15) is 5.10 Å². The summed E-state index contributed by atoms with van der Waals surface area (Å²) in [7, 11) is 1.78. The van der Waals surface area contributed by atoms with Crippen molar-refractivity contribution in [3.63, 3.8) is 0 Å². The van der Waals surface area contributed by atoms with E-state index < -0.39 is 23.8 Å². The maximum absolute atomic E-state index is 13.0. The smallest absolute Gasteiger partial charge is 0.311 e. The van der Waals surface area contributed by atoms with E-state index in [9.17, 15) is 14.0 Å². The summed E-state index contributed by atoms with van der Waals surface area (Å²) in [6, 6.07) is 5.07. The van der Waals surface area contributed by atoms with Gasteiger partial charge in [0.05, 0.1) is 12.1 Å². The molecule has 2 aromatic rings. The molecule has 7 heteroatoms. The number of amides is 1. The molecule has 0 radical (unpaired) electrons.